The van der Waals surface area contributed by atoms with E-state index in [0.717, 1.165) is 12.0 Å². The second-order valence-electron chi connectivity index (χ2n) is 4.51. The molecule has 0 spiro atoms. The molecule has 1 amide bonds. The number of nitriles is 1. The third kappa shape index (κ3) is 2.63. The first-order valence-corrected chi connectivity index (χ1v) is 5.61. The van der Waals surface area contributed by atoms with E-state index in [1.165, 1.54) is 0 Å². The van der Waals surface area contributed by atoms with Gasteiger partial charge in [0.1, 0.15) is 0 Å². The minimum atomic E-state index is -0.000788. The van der Waals surface area contributed by atoms with Gasteiger partial charge in [-0.3, -0.25) is 4.79 Å². The Balaban J connectivity index is 2.00. The smallest absolute Gasteiger partial charge is 0.227 e. The predicted molar refractivity (Wildman–Crippen MR) is 63.7 cm³/mol. The largest absolute Gasteiger partial charge is 0.341 e. The number of nitrogens with two attached hydrogens (primary N) is 1. The van der Waals surface area contributed by atoms with Crippen molar-refractivity contribution in [3.8, 4) is 6.07 Å². The van der Waals surface area contributed by atoms with Gasteiger partial charge in [-0.2, -0.15) is 5.26 Å². The van der Waals surface area contributed by atoms with Crippen LogP contribution in [0.5, 0.6) is 0 Å². The minimum absolute atomic E-state index is 0.000788. The van der Waals surface area contributed by atoms with Gasteiger partial charge in [-0.25, -0.2) is 0 Å². The number of benzene rings is 1. The van der Waals surface area contributed by atoms with Gasteiger partial charge in [0.05, 0.1) is 17.6 Å². The average molecular weight is 229 g/mol. The molecule has 2 N–H and O–H groups in total. The van der Waals surface area contributed by atoms with Crippen LogP contribution >= 0.6 is 0 Å². The van der Waals surface area contributed by atoms with Crippen molar-refractivity contribution in [1.29, 1.82) is 5.26 Å². The van der Waals surface area contributed by atoms with Crippen molar-refractivity contribution in [2.45, 2.75) is 19.0 Å². The van der Waals surface area contributed by atoms with Crippen LogP contribution in [0.3, 0.4) is 0 Å². The predicted octanol–water partition coefficient (Wildman–Crippen LogP) is 0.864. The van der Waals surface area contributed by atoms with Crippen LogP contribution in [-0.2, 0) is 11.3 Å². The Morgan fingerprint density at radius 3 is 2.94 bits per heavy atom. The maximum absolute atomic E-state index is 11.9. The lowest BCUT2D eigenvalue weighted by Gasteiger charge is -2.17. The summed E-state index contributed by atoms with van der Waals surface area (Å²) in [5.41, 5.74) is 7.24. The van der Waals surface area contributed by atoms with E-state index in [4.69, 9.17) is 11.0 Å². The summed E-state index contributed by atoms with van der Waals surface area (Å²) >= 11 is 0. The molecule has 1 fully saturated rings. The van der Waals surface area contributed by atoms with Crippen molar-refractivity contribution in [2.75, 3.05) is 7.05 Å². The molecule has 0 radical (unpaired) electrons. The Morgan fingerprint density at radius 1 is 1.65 bits per heavy atom. The van der Waals surface area contributed by atoms with Gasteiger partial charge in [-0.15, -0.1) is 0 Å². The Morgan fingerprint density at radius 2 is 2.35 bits per heavy atom. The third-order valence-electron chi connectivity index (χ3n) is 3.01. The highest BCUT2D eigenvalue weighted by Crippen LogP contribution is 2.29. The summed E-state index contributed by atoms with van der Waals surface area (Å²) in [5, 5.41) is 8.79. The van der Waals surface area contributed by atoms with Gasteiger partial charge < -0.3 is 10.6 Å². The van der Waals surface area contributed by atoms with E-state index in [0.29, 0.717) is 12.1 Å². The summed E-state index contributed by atoms with van der Waals surface area (Å²) in [6.45, 7) is 0.525. The van der Waals surface area contributed by atoms with E-state index in [1.54, 1.807) is 24.1 Å². The van der Waals surface area contributed by atoms with Crippen molar-refractivity contribution in [3.63, 3.8) is 0 Å². The maximum atomic E-state index is 11.9. The second kappa shape index (κ2) is 4.56. The molecule has 1 aromatic carbocycles. The van der Waals surface area contributed by atoms with E-state index in [2.05, 4.69) is 6.07 Å². The SMILES string of the molecule is CN(Cc1cccc(C#N)c1)C(=O)C1CC1N. The zero-order valence-electron chi connectivity index (χ0n) is 9.76. The van der Waals surface area contributed by atoms with Crippen molar-refractivity contribution < 1.29 is 4.79 Å². The lowest BCUT2D eigenvalue weighted by molar-refractivity contribution is -0.131. The van der Waals surface area contributed by atoms with Gasteiger partial charge in [0.25, 0.3) is 0 Å². The molecular formula is C13H15N3O. The Bertz CT molecular complexity index is 478. The van der Waals surface area contributed by atoms with E-state index >= 15 is 0 Å². The summed E-state index contributed by atoms with van der Waals surface area (Å²) in [6.07, 6.45) is 0.793. The minimum Gasteiger partial charge on any atom is -0.341 e. The number of nitrogens with zero attached hydrogens (tertiary/aromatic N) is 2. The van der Waals surface area contributed by atoms with Crippen LogP contribution in [0, 0.1) is 17.2 Å². The van der Waals surface area contributed by atoms with Gasteiger partial charge in [-0.1, -0.05) is 12.1 Å². The first-order valence-electron chi connectivity index (χ1n) is 5.61. The van der Waals surface area contributed by atoms with Crippen molar-refractivity contribution >= 4 is 5.91 Å². The third-order valence-corrected chi connectivity index (χ3v) is 3.01. The van der Waals surface area contributed by atoms with Gasteiger partial charge in [0.15, 0.2) is 0 Å². The molecule has 2 unspecified atom stereocenters. The lowest BCUT2D eigenvalue weighted by atomic mass is 10.1. The first-order chi connectivity index (χ1) is 8.11. The summed E-state index contributed by atoms with van der Waals surface area (Å²) < 4.78 is 0. The molecule has 1 saturated carbocycles. The maximum Gasteiger partial charge on any atom is 0.227 e. The molecule has 0 aliphatic heterocycles. The van der Waals surface area contributed by atoms with E-state index in [-0.39, 0.29) is 17.9 Å². The molecule has 1 aromatic rings. The monoisotopic (exact) mass is 229 g/mol. The average Bonchev–Trinajstić information content (AvgIpc) is 3.05. The van der Waals surface area contributed by atoms with Gasteiger partial charge in [0.2, 0.25) is 5.91 Å². The zero-order chi connectivity index (χ0) is 12.4. The molecule has 4 nitrogen and oxygen atoms in total. The molecule has 2 rings (SSSR count). The zero-order valence-corrected chi connectivity index (χ0v) is 9.76. The molecule has 0 bridgehead atoms. The molecular weight excluding hydrogens is 214 g/mol. The highest BCUT2D eigenvalue weighted by Gasteiger charge is 2.41. The molecule has 1 aliphatic carbocycles. The van der Waals surface area contributed by atoms with Gasteiger partial charge in [-0.05, 0) is 24.1 Å². The van der Waals surface area contributed by atoms with Crippen molar-refractivity contribution in [2.24, 2.45) is 11.7 Å². The quantitative estimate of drug-likeness (QED) is 0.835. The summed E-state index contributed by atoms with van der Waals surface area (Å²) in [7, 11) is 1.77. The van der Waals surface area contributed by atoms with Crippen LogP contribution in [0.15, 0.2) is 24.3 Å². The van der Waals surface area contributed by atoms with E-state index < -0.39 is 0 Å². The Kier molecular flexibility index (Phi) is 3.12. The van der Waals surface area contributed by atoms with Crippen LogP contribution < -0.4 is 5.73 Å². The van der Waals surface area contributed by atoms with E-state index in [1.807, 2.05) is 12.1 Å². The molecule has 17 heavy (non-hydrogen) atoms. The normalized spacial score (nSPS) is 21.7. The van der Waals surface area contributed by atoms with Crippen molar-refractivity contribution in [1.82, 2.24) is 4.90 Å². The number of hydrogen-bond acceptors (Lipinski definition) is 3. The van der Waals surface area contributed by atoms with Crippen molar-refractivity contribution in [3.05, 3.63) is 35.4 Å². The highest BCUT2D eigenvalue weighted by atomic mass is 16.2. The van der Waals surface area contributed by atoms with Crippen LogP contribution in [0.4, 0.5) is 0 Å². The number of hydrogen-bond donors (Lipinski definition) is 1. The number of carbonyl (C=O) groups is 1. The topological polar surface area (TPSA) is 70.1 Å². The summed E-state index contributed by atoms with van der Waals surface area (Å²) in [5.74, 6) is 0.0963. The fourth-order valence-electron chi connectivity index (χ4n) is 1.87. The van der Waals surface area contributed by atoms with Crippen LogP contribution in [0.2, 0.25) is 0 Å². The first kappa shape index (κ1) is 11.6. The summed E-state index contributed by atoms with van der Waals surface area (Å²) in [6, 6.07) is 9.42. The molecule has 1 aliphatic rings. The van der Waals surface area contributed by atoms with Gasteiger partial charge >= 0.3 is 0 Å². The molecule has 2 atom stereocenters. The Hall–Kier alpha value is -1.86. The van der Waals surface area contributed by atoms with Crippen LogP contribution in [-0.4, -0.2) is 23.9 Å². The fourth-order valence-corrected chi connectivity index (χ4v) is 1.87. The molecule has 0 heterocycles. The van der Waals surface area contributed by atoms with Crippen LogP contribution in [0.25, 0.3) is 0 Å². The number of carbonyl (C=O) groups excluding carboxylic acids is 1. The molecule has 0 saturated heterocycles. The second-order valence-corrected chi connectivity index (χ2v) is 4.51. The molecule has 0 aromatic heterocycles. The van der Waals surface area contributed by atoms with E-state index in [9.17, 15) is 4.79 Å². The van der Waals surface area contributed by atoms with Gasteiger partial charge in [0, 0.05) is 19.6 Å². The van der Waals surface area contributed by atoms with Crippen LogP contribution in [0.1, 0.15) is 17.5 Å². The number of amides is 1. The Labute approximate surface area is 101 Å². The molecule has 88 valence electrons. The highest BCUT2D eigenvalue weighted by molar-refractivity contribution is 5.82. The standard InChI is InChI=1S/C13H15N3O/c1-16(13(17)11-6-12(11)15)8-10-4-2-3-9(5-10)7-14/h2-5,11-12H,6,8,15H2,1H3. The lowest BCUT2D eigenvalue weighted by Crippen LogP contribution is -2.29. The molecule has 4 heteroatoms. The summed E-state index contributed by atoms with van der Waals surface area (Å²) in [4.78, 5) is 13.5. The number of rotatable bonds is 3. The fraction of sp³-hybridized carbons (Fsp3) is 0.385.